The van der Waals surface area contributed by atoms with Crippen molar-refractivity contribution < 1.29 is 27.1 Å². The summed E-state index contributed by atoms with van der Waals surface area (Å²) in [6, 6.07) is 18.9. The number of hydrazone groups is 1. The summed E-state index contributed by atoms with van der Waals surface area (Å²) in [4.78, 5) is 12.8. The number of anilines is 1. The maximum Gasteiger partial charge on any atom is 0.264 e. The average Bonchev–Trinajstić information content (AvgIpc) is 3.24. The highest BCUT2D eigenvalue weighted by molar-refractivity contribution is 9.10. The van der Waals surface area contributed by atoms with Crippen molar-refractivity contribution in [3.8, 4) is 17.2 Å². The Morgan fingerprint density at radius 2 is 1.71 bits per heavy atom. The molecule has 0 saturated heterocycles. The number of carbonyl (C=O) groups is 1. The summed E-state index contributed by atoms with van der Waals surface area (Å²) in [7, 11) is -4.26. The van der Waals surface area contributed by atoms with Crippen molar-refractivity contribution in [3.05, 3.63) is 100 Å². The average molecular weight is 642 g/mol. The van der Waals surface area contributed by atoms with Gasteiger partial charge in [-0.05, 0) is 80.6 Å². The third-order valence-electron chi connectivity index (χ3n) is 6.45. The number of nitrogens with zero attached hydrogens (tertiary/aromatic N) is 3. The fourth-order valence-electron chi connectivity index (χ4n) is 4.48. The van der Waals surface area contributed by atoms with Gasteiger partial charge in [0.05, 0.1) is 16.8 Å². The van der Waals surface area contributed by atoms with Crippen LogP contribution in [0.4, 0.5) is 10.1 Å². The summed E-state index contributed by atoms with van der Waals surface area (Å²) in [5.41, 5.74) is 6.17. The molecule has 0 unspecified atom stereocenters. The number of benzene rings is 3. The van der Waals surface area contributed by atoms with E-state index in [1.807, 2.05) is 44.2 Å². The number of rotatable bonds is 8. The zero-order chi connectivity index (χ0) is 29.1. The normalized spacial score (nSPS) is 12.9. The highest BCUT2D eigenvalue weighted by atomic mass is 79.9. The van der Waals surface area contributed by atoms with Crippen LogP contribution in [0.3, 0.4) is 0 Å². The third kappa shape index (κ3) is 6.13. The maximum atomic E-state index is 13.7. The van der Waals surface area contributed by atoms with Gasteiger partial charge in [-0.3, -0.25) is 9.10 Å². The molecule has 1 aromatic heterocycles. The van der Waals surface area contributed by atoms with Gasteiger partial charge in [0.15, 0.2) is 11.5 Å². The minimum absolute atomic E-state index is 0.109. The Kier molecular flexibility index (Phi) is 8.13. The lowest BCUT2D eigenvalue weighted by atomic mass is 10.2. The van der Waals surface area contributed by atoms with Gasteiger partial charge in [0, 0.05) is 33.2 Å². The summed E-state index contributed by atoms with van der Waals surface area (Å²) in [5.74, 6) is -0.519. The van der Waals surface area contributed by atoms with Crippen LogP contribution in [0.25, 0.3) is 5.69 Å². The Balaban J connectivity index is 1.37. The van der Waals surface area contributed by atoms with Crippen molar-refractivity contribution >= 4 is 43.8 Å². The van der Waals surface area contributed by atoms with Gasteiger partial charge in [-0.1, -0.05) is 15.9 Å². The molecule has 1 amide bonds. The number of aromatic nitrogens is 1. The quantitative estimate of drug-likeness (QED) is 0.213. The van der Waals surface area contributed by atoms with Crippen LogP contribution in [0.1, 0.15) is 17.0 Å². The van der Waals surface area contributed by atoms with Gasteiger partial charge in [-0.15, -0.1) is 0 Å². The van der Waals surface area contributed by atoms with Crippen LogP contribution in [0.15, 0.2) is 87.3 Å². The first kappa shape index (κ1) is 28.4. The number of nitrogens with one attached hydrogen (secondary N) is 1. The zero-order valence-electron chi connectivity index (χ0n) is 22.2. The van der Waals surface area contributed by atoms with E-state index < -0.39 is 28.3 Å². The van der Waals surface area contributed by atoms with Gasteiger partial charge >= 0.3 is 0 Å². The molecular formula is C29H26BrFN4O5S. The summed E-state index contributed by atoms with van der Waals surface area (Å²) in [6.45, 7) is 3.94. The van der Waals surface area contributed by atoms with Crippen LogP contribution >= 0.6 is 15.9 Å². The second-order valence-corrected chi connectivity index (χ2v) is 12.0. The van der Waals surface area contributed by atoms with Crippen molar-refractivity contribution in [2.75, 3.05) is 24.1 Å². The van der Waals surface area contributed by atoms with Crippen LogP contribution < -0.4 is 19.2 Å². The van der Waals surface area contributed by atoms with Gasteiger partial charge in [0.25, 0.3) is 15.9 Å². The number of amides is 1. The Labute approximate surface area is 245 Å². The van der Waals surface area contributed by atoms with Crippen LogP contribution in [0.2, 0.25) is 0 Å². The molecule has 3 aromatic carbocycles. The van der Waals surface area contributed by atoms with Gasteiger partial charge in [-0.2, -0.15) is 5.10 Å². The highest BCUT2D eigenvalue weighted by Gasteiger charge is 2.29. The topological polar surface area (TPSA) is 102 Å². The first-order valence-electron chi connectivity index (χ1n) is 12.6. The Morgan fingerprint density at radius 1 is 1.02 bits per heavy atom. The van der Waals surface area contributed by atoms with Gasteiger partial charge < -0.3 is 14.0 Å². The van der Waals surface area contributed by atoms with Crippen LogP contribution in [-0.4, -0.2) is 44.9 Å². The van der Waals surface area contributed by atoms with Crippen molar-refractivity contribution in [1.82, 2.24) is 9.99 Å². The molecule has 1 N–H and O–H groups in total. The number of hydrogen-bond donors (Lipinski definition) is 1. The first-order chi connectivity index (χ1) is 19.6. The summed E-state index contributed by atoms with van der Waals surface area (Å²) < 4.78 is 55.9. The van der Waals surface area contributed by atoms with E-state index in [4.69, 9.17) is 9.47 Å². The van der Waals surface area contributed by atoms with Gasteiger partial charge in [0.2, 0.25) is 0 Å². The van der Waals surface area contributed by atoms with Crippen molar-refractivity contribution in [2.45, 2.75) is 18.7 Å². The third-order valence-corrected chi connectivity index (χ3v) is 8.75. The predicted molar refractivity (Wildman–Crippen MR) is 157 cm³/mol. The number of aryl methyl sites for hydroxylation is 1. The van der Waals surface area contributed by atoms with Crippen molar-refractivity contribution in [1.29, 1.82) is 0 Å². The largest absolute Gasteiger partial charge is 0.486 e. The zero-order valence-corrected chi connectivity index (χ0v) is 24.6. The number of hydrogen-bond acceptors (Lipinski definition) is 6. The van der Waals surface area contributed by atoms with Crippen LogP contribution in [0.5, 0.6) is 11.5 Å². The molecule has 4 aromatic rings. The van der Waals surface area contributed by atoms with Crippen LogP contribution in [0, 0.1) is 19.7 Å². The van der Waals surface area contributed by atoms with E-state index >= 15 is 0 Å². The number of halogens is 2. The molecule has 0 bridgehead atoms. The molecule has 1 aliphatic heterocycles. The van der Waals surface area contributed by atoms with Gasteiger partial charge in [0.1, 0.15) is 25.6 Å². The lowest BCUT2D eigenvalue weighted by Crippen LogP contribution is -2.39. The number of carbonyl (C=O) groups excluding carboxylic acids is 1. The Morgan fingerprint density at radius 3 is 2.41 bits per heavy atom. The smallest absolute Gasteiger partial charge is 0.264 e. The van der Waals surface area contributed by atoms with E-state index in [9.17, 15) is 17.6 Å². The number of sulfonamides is 1. The second-order valence-electron chi connectivity index (χ2n) is 9.23. The summed E-state index contributed by atoms with van der Waals surface area (Å²) >= 11 is 3.44. The number of fused-ring (bicyclic) bond motifs is 1. The Hall–Kier alpha value is -4.16. The first-order valence-corrected chi connectivity index (χ1v) is 14.8. The molecule has 41 heavy (non-hydrogen) atoms. The standard InChI is InChI=1S/C29H26BrFN4O5S/c1-19-15-21(20(2)35(19)25-7-3-22(30)4-8-25)17-32-33-29(36)18-34(24-9-5-23(31)6-10-24)41(37,38)26-11-12-27-28(16-26)40-14-13-39-27/h3-12,15-17H,13-14,18H2,1-2H3,(H,33,36). The SMILES string of the molecule is Cc1cc(C=NNC(=O)CN(c2ccc(F)cc2)S(=O)(=O)c2ccc3c(c2)OCCO3)c(C)n1-c1ccc(Br)cc1. The molecule has 0 saturated carbocycles. The summed E-state index contributed by atoms with van der Waals surface area (Å²) in [5, 5.41) is 4.07. The molecule has 5 rings (SSSR count). The minimum atomic E-state index is -4.26. The molecule has 0 atom stereocenters. The fourth-order valence-corrected chi connectivity index (χ4v) is 6.18. The monoisotopic (exact) mass is 640 g/mol. The lowest BCUT2D eigenvalue weighted by molar-refractivity contribution is -0.119. The minimum Gasteiger partial charge on any atom is -0.486 e. The van der Waals surface area contributed by atoms with E-state index in [-0.39, 0.29) is 22.9 Å². The molecule has 0 spiro atoms. The molecule has 0 aliphatic carbocycles. The molecule has 2 heterocycles. The molecule has 0 fully saturated rings. The van der Waals surface area contributed by atoms with Crippen molar-refractivity contribution in [3.63, 3.8) is 0 Å². The van der Waals surface area contributed by atoms with Crippen LogP contribution in [-0.2, 0) is 14.8 Å². The lowest BCUT2D eigenvalue weighted by Gasteiger charge is -2.25. The van der Waals surface area contributed by atoms with E-state index in [1.54, 1.807) is 0 Å². The summed E-state index contributed by atoms with van der Waals surface area (Å²) in [6.07, 6.45) is 1.51. The second kappa shape index (κ2) is 11.8. The van der Waals surface area contributed by atoms with E-state index in [1.165, 1.54) is 36.5 Å². The molecular weight excluding hydrogens is 615 g/mol. The predicted octanol–water partition coefficient (Wildman–Crippen LogP) is 5.11. The molecule has 12 heteroatoms. The van der Waals surface area contributed by atoms with E-state index in [0.29, 0.717) is 12.4 Å². The van der Waals surface area contributed by atoms with E-state index in [2.05, 4.69) is 31.0 Å². The molecule has 9 nitrogen and oxygen atoms in total. The Bertz CT molecular complexity index is 1720. The van der Waals surface area contributed by atoms with Crippen molar-refractivity contribution in [2.24, 2.45) is 5.10 Å². The number of ether oxygens (including phenoxy) is 2. The maximum absolute atomic E-state index is 13.7. The highest BCUT2D eigenvalue weighted by Crippen LogP contribution is 2.34. The molecule has 1 aliphatic rings. The molecule has 0 radical (unpaired) electrons. The van der Waals surface area contributed by atoms with Gasteiger partial charge in [-0.25, -0.2) is 18.2 Å². The van der Waals surface area contributed by atoms with E-state index in [0.717, 1.165) is 43.5 Å². The fraction of sp³-hybridized carbons (Fsp3) is 0.172. The molecule has 212 valence electrons.